The van der Waals surface area contributed by atoms with Crippen LogP contribution >= 0.6 is 22.7 Å². The molecular formula is C19H15N3O3S3. The number of carbonyl (C=O) groups is 1. The highest BCUT2D eigenvalue weighted by Crippen LogP contribution is 2.28. The van der Waals surface area contributed by atoms with Gasteiger partial charge in [0.1, 0.15) is 4.21 Å². The van der Waals surface area contributed by atoms with Gasteiger partial charge < -0.3 is 5.32 Å². The minimum atomic E-state index is -3.73. The van der Waals surface area contributed by atoms with Gasteiger partial charge in [-0.15, -0.1) is 22.7 Å². The fraction of sp³-hybridized carbons (Fsp3) is 0.0526. The number of sulfonamides is 1. The molecule has 1 amide bonds. The number of fused-ring (bicyclic) bond motifs is 1. The smallest absolute Gasteiger partial charge is 0.252 e. The van der Waals surface area contributed by atoms with Crippen molar-refractivity contribution in [1.29, 1.82) is 0 Å². The van der Waals surface area contributed by atoms with Crippen molar-refractivity contribution in [3.63, 3.8) is 0 Å². The van der Waals surface area contributed by atoms with Crippen LogP contribution < -0.4 is 10.5 Å². The molecule has 0 bridgehead atoms. The number of benzene rings is 1. The summed E-state index contributed by atoms with van der Waals surface area (Å²) in [4.78, 5) is 19.2. The Hall–Kier alpha value is -2.59. The molecule has 0 saturated carbocycles. The van der Waals surface area contributed by atoms with Crippen molar-refractivity contribution in [2.45, 2.75) is 10.8 Å². The number of rotatable bonds is 5. The van der Waals surface area contributed by atoms with E-state index in [0.29, 0.717) is 10.4 Å². The number of aromatic nitrogens is 1. The van der Waals surface area contributed by atoms with Crippen molar-refractivity contribution in [2.75, 3.05) is 0 Å². The number of thiophene rings is 2. The van der Waals surface area contributed by atoms with E-state index in [0.717, 1.165) is 32.8 Å². The average Bonchev–Trinajstić information content (AvgIpc) is 3.36. The highest BCUT2D eigenvalue weighted by atomic mass is 32.2. The molecule has 0 fully saturated rings. The third-order valence-corrected chi connectivity index (χ3v) is 7.49. The van der Waals surface area contributed by atoms with Crippen LogP contribution in [0.15, 0.2) is 64.2 Å². The number of nitrogens with two attached hydrogens (primary N) is 1. The van der Waals surface area contributed by atoms with Gasteiger partial charge in [0.05, 0.1) is 28.2 Å². The van der Waals surface area contributed by atoms with Crippen LogP contribution in [0.3, 0.4) is 0 Å². The molecule has 3 heterocycles. The van der Waals surface area contributed by atoms with Gasteiger partial charge in [0.2, 0.25) is 10.0 Å². The molecule has 4 rings (SSSR count). The summed E-state index contributed by atoms with van der Waals surface area (Å²) in [6.45, 7) is 0.212. The minimum absolute atomic E-state index is 0.0751. The van der Waals surface area contributed by atoms with Gasteiger partial charge in [-0.3, -0.25) is 4.79 Å². The summed E-state index contributed by atoms with van der Waals surface area (Å²) in [7, 11) is -3.73. The van der Waals surface area contributed by atoms with Gasteiger partial charge >= 0.3 is 0 Å². The molecule has 0 aliphatic carbocycles. The van der Waals surface area contributed by atoms with Crippen molar-refractivity contribution in [2.24, 2.45) is 5.14 Å². The van der Waals surface area contributed by atoms with Gasteiger partial charge in [0, 0.05) is 10.3 Å². The van der Waals surface area contributed by atoms with E-state index in [1.807, 2.05) is 41.8 Å². The highest BCUT2D eigenvalue weighted by molar-refractivity contribution is 7.91. The monoisotopic (exact) mass is 429 g/mol. The van der Waals surface area contributed by atoms with Crippen LogP contribution in [0.2, 0.25) is 0 Å². The Kier molecular flexibility index (Phi) is 4.98. The molecule has 0 saturated heterocycles. The molecular weight excluding hydrogens is 414 g/mol. The molecule has 1 aromatic carbocycles. The fourth-order valence-electron chi connectivity index (χ4n) is 2.78. The van der Waals surface area contributed by atoms with Crippen LogP contribution in [0.5, 0.6) is 0 Å². The van der Waals surface area contributed by atoms with E-state index in [4.69, 9.17) is 5.14 Å². The largest absolute Gasteiger partial charge is 0.347 e. The molecule has 0 unspecified atom stereocenters. The van der Waals surface area contributed by atoms with Gasteiger partial charge in [-0.25, -0.2) is 18.5 Å². The molecule has 0 atom stereocenters. The van der Waals surface area contributed by atoms with E-state index < -0.39 is 10.0 Å². The summed E-state index contributed by atoms with van der Waals surface area (Å²) < 4.78 is 22.9. The number of nitrogens with one attached hydrogen (secondary N) is 1. The van der Waals surface area contributed by atoms with E-state index in [2.05, 4.69) is 10.3 Å². The quantitative estimate of drug-likeness (QED) is 0.506. The van der Waals surface area contributed by atoms with Crippen LogP contribution in [0.4, 0.5) is 0 Å². The molecule has 0 spiro atoms. The zero-order chi connectivity index (χ0) is 19.7. The van der Waals surface area contributed by atoms with Crippen LogP contribution in [-0.4, -0.2) is 19.3 Å². The van der Waals surface area contributed by atoms with Crippen molar-refractivity contribution >= 4 is 49.5 Å². The topological polar surface area (TPSA) is 102 Å². The van der Waals surface area contributed by atoms with Crippen LogP contribution in [0.1, 0.15) is 15.2 Å². The Balaban J connectivity index is 1.64. The molecule has 0 aliphatic rings. The number of para-hydroxylation sites is 1. The molecule has 3 N–H and O–H groups in total. The number of carbonyl (C=O) groups excluding carboxylic acids is 1. The van der Waals surface area contributed by atoms with Crippen molar-refractivity contribution in [3.8, 4) is 10.6 Å². The standard InChI is InChI=1S/C19H15N3O3S3/c20-28(24,25)18-8-7-12(27-18)11-21-19(23)14-10-16(17-6-3-9-26-17)22-15-5-2-1-4-13(14)15/h1-10H,11H2,(H,21,23)(H2,20,24,25). The Morgan fingerprint density at radius 2 is 1.93 bits per heavy atom. The third-order valence-electron chi connectivity index (χ3n) is 4.08. The second-order valence-electron chi connectivity index (χ2n) is 6.00. The van der Waals surface area contributed by atoms with Gasteiger partial charge in [-0.1, -0.05) is 24.3 Å². The molecule has 142 valence electrons. The van der Waals surface area contributed by atoms with Crippen molar-refractivity contribution in [1.82, 2.24) is 10.3 Å². The van der Waals surface area contributed by atoms with E-state index in [1.54, 1.807) is 23.5 Å². The number of primary sulfonamides is 1. The first-order valence-electron chi connectivity index (χ1n) is 8.25. The second-order valence-corrected chi connectivity index (χ2v) is 9.90. The van der Waals surface area contributed by atoms with E-state index in [9.17, 15) is 13.2 Å². The van der Waals surface area contributed by atoms with Crippen LogP contribution in [0, 0.1) is 0 Å². The number of nitrogens with zero attached hydrogens (tertiary/aromatic N) is 1. The maximum atomic E-state index is 12.9. The molecule has 3 aromatic heterocycles. The van der Waals surface area contributed by atoms with Gasteiger partial charge in [-0.2, -0.15) is 0 Å². The molecule has 4 aromatic rings. The minimum Gasteiger partial charge on any atom is -0.347 e. The average molecular weight is 430 g/mol. The van der Waals surface area contributed by atoms with Crippen LogP contribution in [-0.2, 0) is 16.6 Å². The SMILES string of the molecule is NS(=O)(=O)c1ccc(CNC(=O)c2cc(-c3cccs3)nc3ccccc23)s1. The molecule has 28 heavy (non-hydrogen) atoms. The molecule has 0 aliphatic heterocycles. The van der Waals surface area contributed by atoms with E-state index >= 15 is 0 Å². The summed E-state index contributed by atoms with van der Waals surface area (Å²) >= 11 is 2.60. The van der Waals surface area contributed by atoms with Crippen molar-refractivity contribution < 1.29 is 13.2 Å². The second kappa shape index (κ2) is 7.44. The van der Waals surface area contributed by atoms with Gasteiger partial charge in [-0.05, 0) is 35.7 Å². The number of hydrogen-bond donors (Lipinski definition) is 2. The lowest BCUT2D eigenvalue weighted by Crippen LogP contribution is -2.22. The number of hydrogen-bond acceptors (Lipinski definition) is 6. The summed E-state index contributed by atoms with van der Waals surface area (Å²) in [5.41, 5.74) is 2.01. The first-order valence-corrected chi connectivity index (χ1v) is 11.5. The lowest BCUT2D eigenvalue weighted by molar-refractivity contribution is 0.0953. The van der Waals surface area contributed by atoms with Gasteiger partial charge in [0.25, 0.3) is 5.91 Å². The first-order chi connectivity index (χ1) is 13.4. The normalized spacial score (nSPS) is 11.6. The van der Waals surface area contributed by atoms with Gasteiger partial charge in [0.15, 0.2) is 0 Å². The summed E-state index contributed by atoms with van der Waals surface area (Å²) in [5.74, 6) is -0.248. The maximum absolute atomic E-state index is 12.9. The third kappa shape index (κ3) is 3.83. The lowest BCUT2D eigenvalue weighted by atomic mass is 10.1. The Morgan fingerprint density at radius 1 is 1.11 bits per heavy atom. The fourth-order valence-corrected chi connectivity index (χ4v) is 5.19. The maximum Gasteiger partial charge on any atom is 0.252 e. The summed E-state index contributed by atoms with van der Waals surface area (Å²) in [6, 6.07) is 16.3. The Labute approximate surface area is 169 Å². The number of amides is 1. The Morgan fingerprint density at radius 3 is 2.64 bits per heavy atom. The zero-order valence-electron chi connectivity index (χ0n) is 14.5. The molecule has 9 heteroatoms. The summed E-state index contributed by atoms with van der Waals surface area (Å²) in [6.07, 6.45) is 0. The first kappa shape index (κ1) is 18.8. The lowest BCUT2D eigenvalue weighted by Gasteiger charge is -2.09. The van der Waals surface area contributed by atoms with Crippen LogP contribution in [0.25, 0.3) is 21.5 Å². The number of pyridine rings is 1. The van der Waals surface area contributed by atoms with E-state index in [1.165, 1.54) is 6.07 Å². The predicted molar refractivity (Wildman–Crippen MR) is 112 cm³/mol. The van der Waals surface area contributed by atoms with Crippen molar-refractivity contribution in [3.05, 3.63) is 70.4 Å². The molecule has 0 radical (unpaired) electrons. The molecule has 6 nitrogen and oxygen atoms in total. The van der Waals surface area contributed by atoms with E-state index in [-0.39, 0.29) is 16.7 Å². The summed E-state index contributed by atoms with van der Waals surface area (Å²) in [5, 5.41) is 10.7. The Bertz CT molecular complexity index is 1260. The zero-order valence-corrected chi connectivity index (χ0v) is 16.9. The highest BCUT2D eigenvalue weighted by Gasteiger charge is 2.16. The predicted octanol–water partition coefficient (Wildman–Crippen LogP) is 3.60.